The smallest absolute Gasteiger partial charge is 0.459 e. The number of aliphatic hydroxyl groups is 1. The number of hydrogen-bond donors (Lipinski definition) is 3. The highest BCUT2D eigenvalue weighted by Crippen LogP contribution is 2.48. The molecule has 3 heterocycles. The summed E-state index contributed by atoms with van der Waals surface area (Å²) in [6, 6.07) is 7.29. The van der Waals surface area contributed by atoms with Gasteiger partial charge in [0.2, 0.25) is 0 Å². The summed E-state index contributed by atoms with van der Waals surface area (Å²) < 4.78 is 38.2. The maximum absolute atomic E-state index is 13.9. The number of hydrogen-bond acceptors (Lipinski definition) is 11. The molecule has 0 amide bonds. The third kappa shape index (κ3) is 6.73. The van der Waals surface area contributed by atoms with Crippen LogP contribution in [0.5, 0.6) is 5.75 Å². The minimum absolute atomic E-state index is 0.167. The first-order chi connectivity index (χ1) is 18.7. The molecule has 1 saturated heterocycles. The van der Waals surface area contributed by atoms with Crippen LogP contribution in [0.15, 0.2) is 43.0 Å². The fourth-order valence-corrected chi connectivity index (χ4v) is 5.78. The Balaban J connectivity index is 1.51. The molecular weight excluding hydrogens is 563 g/mol. The van der Waals surface area contributed by atoms with E-state index >= 15 is 0 Å². The van der Waals surface area contributed by atoms with Crippen LogP contribution in [0.1, 0.15) is 40.8 Å². The number of ether oxygens (including phenoxy) is 2. The van der Waals surface area contributed by atoms with Gasteiger partial charge in [-0.05, 0) is 31.4 Å². The molecule has 1 aliphatic heterocycles. The van der Waals surface area contributed by atoms with E-state index in [1.54, 1.807) is 37.3 Å². The van der Waals surface area contributed by atoms with Crippen LogP contribution in [-0.4, -0.2) is 66.9 Å². The number of aromatic nitrogens is 4. The highest BCUT2D eigenvalue weighted by molar-refractivity contribution is 7.52. The van der Waals surface area contributed by atoms with Crippen molar-refractivity contribution >= 4 is 42.3 Å². The first-order valence-corrected chi connectivity index (χ1v) is 14.5. The van der Waals surface area contributed by atoms with E-state index in [2.05, 4.69) is 20.0 Å². The number of nitrogens with zero attached hydrogens (tertiary/aromatic N) is 4. The zero-order chi connectivity index (χ0) is 29.3. The molecule has 40 heavy (non-hydrogen) atoms. The molecule has 1 aliphatic rings. The molecule has 0 spiro atoms. The summed E-state index contributed by atoms with van der Waals surface area (Å²) in [7, 11) is -4.20. The number of benzene rings is 1. The van der Waals surface area contributed by atoms with Gasteiger partial charge in [-0.1, -0.05) is 39.0 Å². The molecule has 13 nitrogen and oxygen atoms in total. The van der Waals surface area contributed by atoms with E-state index in [9.17, 15) is 14.5 Å². The van der Waals surface area contributed by atoms with Crippen LogP contribution >= 0.6 is 19.3 Å². The Morgan fingerprint density at radius 3 is 2.67 bits per heavy atom. The van der Waals surface area contributed by atoms with Crippen molar-refractivity contribution in [2.45, 2.75) is 64.0 Å². The van der Waals surface area contributed by atoms with Gasteiger partial charge in [0.05, 0.1) is 19.5 Å². The molecule has 1 fully saturated rings. The lowest BCUT2D eigenvalue weighted by Gasteiger charge is -2.26. The van der Waals surface area contributed by atoms with Crippen molar-refractivity contribution in [1.29, 1.82) is 0 Å². The number of nitrogens with two attached hydrogens (primary N) is 1. The summed E-state index contributed by atoms with van der Waals surface area (Å²) in [5.74, 6) is -0.211. The van der Waals surface area contributed by atoms with Crippen LogP contribution < -0.4 is 15.3 Å². The predicted octanol–water partition coefficient (Wildman–Crippen LogP) is 3.44. The first-order valence-electron chi connectivity index (χ1n) is 12.6. The summed E-state index contributed by atoms with van der Waals surface area (Å²) in [6.07, 6.45) is -0.529. The molecular formula is C25H34ClN6O7P. The van der Waals surface area contributed by atoms with Gasteiger partial charge in [0.25, 0.3) is 0 Å². The maximum atomic E-state index is 13.9. The third-order valence-corrected chi connectivity index (χ3v) is 8.14. The van der Waals surface area contributed by atoms with E-state index in [1.165, 1.54) is 24.1 Å². The van der Waals surface area contributed by atoms with E-state index in [-0.39, 0.29) is 23.6 Å². The average molecular weight is 597 g/mol. The number of rotatable bonds is 10. The predicted molar refractivity (Wildman–Crippen MR) is 148 cm³/mol. The molecule has 4 N–H and O–H groups in total. The zero-order valence-electron chi connectivity index (χ0n) is 22.9. The fraction of sp³-hybridized carbons (Fsp3) is 0.520. The van der Waals surface area contributed by atoms with E-state index in [0.29, 0.717) is 11.2 Å². The monoisotopic (exact) mass is 596 g/mol. The van der Waals surface area contributed by atoms with Crippen molar-refractivity contribution in [3.8, 4) is 5.75 Å². The molecule has 2 aromatic heterocycles. The molecule has 15 heteroatoms. The second-order valence-corrected chi connectivity index (χ2v) is 13.4. The van der Waals surface area contributed by atoms with E-state index in [4.69, 9.17) is 35.9 Å². The molecule has 218 valence electrons. The van der Waals surface area contributed by atoms with Gasteiger partial charge < -0.3 is 24.8 Å². The van der Waals surface area contributed by atoms with Crippen molar-refractivity contribution in [3.05, 3.63) is 43.0 Å². The molecule has 0 aliphatic carbocycles. The lowest BCUT2D eigenvalue weighted by atomic mass is 9.99. The highest BCUT2D eigenvalue weighted by Gasteiger charge is 2.54. The van der Waals surface area contributed by atoms with Crippen molar-refractivity contribution in [3.63, 3.8) is 0 Å². The number of carbonyl (C=O) groups is 1. The number of imidazole rings is 1. The Kier molecular flexibility index (Phi) is 8.74. The van der Waals surface area contributed by atoms with Gasteiger partial charge in [-0.2, -0.15) is 5.09 Å². The minimum Gasteiger partial charge on any atom is -0.464 e. The van der Waals surface area contributed by atoms with Gasteiger partial charge in [-0.25, -0.2) is 19.5 Å². The number of alkyl halides is 1. The molecule has 1 aromatic carbocycles. The van der Waals surface area contributed by atoms with E-state index in [0.717, 1.165) is 0 Å². The third-order valence-electron chi connectivity index (χ3n) is 6.09. The topological polar surface area (TPSA) is 173 Å². The van der Waals surface area contributed by atoms with Gasteiger partial charge in [-0.3, -0.25) is 13.9 Å². The summed E-state index contributed by atoms with van der Waals surface area (Å²) in [5, 5.41) is 13.7. The van der Waals surface area contributed by atoms with Crippen LogP contribution in [0.2, 0.25) is 0 Å². The normalized spacial score (nSPS) is 25.4. The number of esters is 1. The molecule has 0 radical (unpaired) electrons. The second-order valence-electron chi connectivity index (χ2n) is 10.9. The molecule has 0 saturated carbocycles. The van der Waals surface area contributed by atoms with Crippen molar-refractivity contribution in [1.82, 2.24) is 24.6 Å². The number of nitrogen functional groups attached to an aromatic ring is 1. The number of para-hydroxylation sites is 1. The van der Waals surface area contributed by atoms with Gasteiger partial charge in [-0.15, -0.1) is 11.6 Å². The Morgan fingerprint density at radius 2 is 2.00 bits per heavy atom. The van der Waals surface area contributed by atoms with Gasteiger partial charge in [0.15, 0.2) is 17.7 Å². The van der Waals surface area contributed by atoms with Crippen molar-refractivity contribution < 1.29 is 33.0 Å². The Hall–Kier alpha value is -2.80. The van der Waals surface area contributed by atoms with Gasteiger partial charge >= 0.3 is 13.7 Å². The van der Waals surface area contributed by atoms with E-state index in [1.807, 2.05) is 20.8 Å². The quantitative estimate of drug-likeness (QED) is 0.177. The Labute approximate surface area is 236 Å². The number of carbonyl (C=O) groups excluding carboxylic acids is 1. The SMILES string of the molecule is C[C@H](N[P@](=O)(OC[C@H]1O[C@@H](n2cnc3c(N)ncnc32)[C@](C)(Cl)[C@@H]1O)Oc1ccccc1)C(=O)OCC(C)(C)C. The van der Waals surface area contributed by atoms with Crippen molar-refractivity contribution in [2.24, 2.45) is 5.41 Å². The fourth-order valence-electron chi connectivity index (χ4n) is 3.98. The summed E-state index contributed by atoms with van der Waals surface area (Å²) >= 11 is 6.76. The molecule has 0 bridgehead atoms. The average Bonchev–Trinajstić information content (AvgIpc) is 3.40. The van der Waals surface area contributed by atoms with Crippen LogP contribution in [0.3, 0.4) is 0 Å². The molecule has 6 atom stereocenters. The van der Waals surface area contributed by atoms with Crippen LogP contribution in [0.4, 0.5) is 5.82 Å². The minimum atomic E-state index is -4.20. The molecule has 4 rings (SSSR count). The first kappa shape index (κ1) is 30.2. The molecule has 0 unspecified atom stereocenters. The van der Waals surface area contributed by atoms with E-state index < -0.39 is 49.7 Å². The number of aliphatic hydroxyl groups excluding tert-OH is 1. The number of anilines is 1. The molecule has 3 aromatic rings. The van der Waals surface area contributed by atoms with Crippen LogP contribution in [-0.2, 0) is 23.4 Å². The summed E-state index contributed by atoms with van der Waals surface area (Å²) in [4.78, 5) is 23.6. The van der Waals surface area contributed by atoms with Crippen LogP contribution in [0.25, 0.3) is 11.2 Å². The summed E-state index contributed by atoms with van der Waals surface area (Å²) in [5.41, 5.74) is 6.35. The van der Waals surface area contributed by atoms with Crippen molar-refractivity contribution in [2.75, 3.05) is 18.9 Å². The van der Waals surface area contributed by atoms with Gasteiger partial charge in [0.1, 0.15) is 40.7 Å². The number of nitrogens with one attached hydrogen (secondary N) is 1. The second kappa shape index (κ2) is 11.6. The number of fused-ring (bicyclic) bond motifs is 1. The number of halogens is 1. The Morgan fingerprint density at radius 1 is 1.30 bits per heavy atom. The largest absolute Gasteiger partial charge is 0.464 e. The standard InChI is InChI=1S/C25H34ClN6O7P/c1-15(22(34)36-12-24(2,3)4)31-40(35,39-16-9-7-6-8-10-16)37-11-17-19(33)25(5,26)23(38-17)32-14-30-18-20(27)28-13-29-21(18)32/h6-10,13-15,17,19,23,33H,11-12H2,1-5H3,(H,31,35)(H2,27,28,29)/t15-,17+,19+,23+,25+,40-/m0/s1. The Bertz CT molecular complexity index is 1380. The lowest BCUT2D eigenvalue weighted by Crippen LogP contribution is -2.40. The maximum Gasteiger partial charge on any atom is 0.459 e. The lowest BCUT2D eigenvalue weighted by molar-refractivity contribution is -0.148. The summed E-state index contributed by atoms with van der Waals surface area (Å²) in [6.45, 7) is 8.61. The highest BCUT2D eigenvalue weighted by atomic mass is 35.5. The van der Waals surface area contributed by atoms with Gasteiger partial charge in [0, 0.05) is 0 Å². The van der Waals surface area contributed by atoms with Crippen LogP contribution in [0, 0.1) is 5.41 Å². The zero-order valence-corrected chi connectivity index (χ0v) is 24.5.